The lowest BCUT2D eigenvalue weighted by Crippen LogP contribution is -2.14. The van der Waals surface area contributed by atoms with Gasteiger partial charge in [0.2, 0.25) is 0 Å². The Hall–Kier alpha value is -3.34. The fourth-order valence-corrected chi connectivity index (χ4v) is 2.28. The van der Waals surface area contributed by atoms with Gasteiger partial charge in [0, 0.05) is 11.9 Å². The molecule has 5 nitrogen and oxygen atoms in total. The Kier molecular flexibility index (Phi) is 4.72. The molecule has 0 saturated heterocycles. The monoisotopic (exact) mass is 319 g/mol. The maximum Gasteiger partial charge on any atom is 0.259 e. The first-order valence-corrected chi connectivity index (χ1v) is 7.49. The SMILES string of the molecule is COc1ccccc1Nc1ncccc1C(=O)Nc1ccccc1. The molecule has 3 rings (SSSR count). The van der Waals surface area contributed by atoms with Crippen molar-refractivity contribution in [2.45, 2.75) is 0 Å². The van der Waals surface area contributed by atoms with Crippen LogP contribution in [0.15, 0.2) is 72.9 Å². The molecule has 0 aliphatic carbocycles. The van der Waals surface area contributed by atoms with Gasteiger partial charge in [-0.3, -0.25) is 4.79 Å². The van der Waals surface area contributed by atoms with Gasteiger partial charge < -0.3 is 15.4 Å². The number of para-hydroxylation sites is 3. The number of methoxy groups -OCH3 is 1. The van der Waals surface area contributed by atoms with Crippen LogP contribution in [0.3, 0.4) is 0 Å². The second-order valence-corrected chi connectivity index (χ2v) is 5.05. The molecule has 1 heterocycles. The maximum atomic E-state index is 12.6. The lowest BCUT2D eigenvalue weighted by atomic mass is 10.2. The Morgan fingerprint density at radius 2 is 1.71 bits per heavy atom. The van der Waals surface area contributed by atoms with Crippen LogP contribution in [0, 0.1) is 0 Å². The summed E-state index contributed by atoms with van der Waals surface area (Å²) in [6.07, 6.45) is 1.64. The molecule has 0 aliphatic heterocycles. The normalized spacial score (nSPS) is 10.0. The van der Waals surface area contributed by atoms with E-state index in [1.165, 1.54) is 0 Å². The fraction of sp³-hybridized carbons (Fsp3) is 0.0526. The maximum absolute atomic E-state index is 12.6. The molecule has 0 aliphatic rings. The molecule has 0 unspecified atom stereocenters. The van der Waals surface area contributed by atoms with Crippen molar-refractivity contribution in [2.75, 3.05) is 17.7 Å². The van der Waals surface area contributed by atoms with Gasteiger partial charge in [-0.05, 0) is 36.4 Å². The average molecular weight is 319 g/mol. The van der Waals surface area contributed by atoms with Gasteiger partial charge in [-0.1, -0.05) is 30.3 Å². The molecule has 0 atom stereocenters. The molecular weight excluding hydrogens is 302 g/mol. The highest BCUT2D eigenvalue weighted by Gasteiger charge is 2.14. The zero-order valence-corrected chi connectivity index (χ0v) is 13.2. The van der Waals surface area contributed by atoms with Crippen molar-refractivity contribution < 1.29 is 9.53 Å². The molecule has 1 amide bonds. The topological polar surface area (TPSA) is 63.2 Å². The molecular formula is C19H17N3O2. The van der Waals surface area contributed by atoms with E-state index in [1.54, 1.807) is 25.4 Å². The Labute approximate surface area is 140 Å². The van der Waals surface area contributed by atoms with Crippen molar-refractivity contribution in [2.24, 2.45) is 0 Å². The molecule has 2 aromatic carbocycles. The quantitative estimate of drug-likeness (QED) is 0.743. The number of benzene rings is 2. The van der Waals surface area contributed by atoms with Gasteiger partial charge in [0.25, 0.3) is 5.91 Å². The number of anilines is 3. The van der Waals surface area contributed by atoms with Crippen LogP contribution in [-0.2, 0) is 0 Å². The summed E-state index contributed by atoms with van der Waals surface area (Å²) in [4.78, 5) is 16.8. The molecule has 120 valence electrons. The number of rotatable bonds is 5. The van der Waals surface area contributed by atoms with Crippen LogP contribution in [-0.4, -0.2) is 18.0 Å². The summed E-state index contributed by atoms with van der Waals surface area (Å²) in [5, 5.41) is 6.02. The summed E-state index contributed by atoms with van der Waals surface area (Å²) in [5.41, 5.74) is 1.93. The van der Waals surface area contributed by atoms with Crippen LogP contribution in [0.2, 0.25) is 0 Å². The molecule has 5 heteroatoms. The number of nitrogens with one attached hydrogen (secondary N) is 2. The van der Waals surface area contributed by atoms with Gasteiger partial charge in [-0.2, -0.15) is 0 Å². The summed E-state index contributed by atoms with van der Waals surface area (Å²) in [5.74, 6) is 0.916. The Morgan fingerprint density at radius 3 is 2.50 bits per heavy atom. The Morgan fingerprint density at radius 1 is 0.958 bits per heavy atom. The summed E-state index contributed by atoms with van der Waals surface area (Å²) in [6.45, 7) is 0. The van der Waals surface area contributed by atoms with Crippen molar-refractivity contribution in [3.8, 4) is 5.75 Å². The van der Waals surface area contributed by atoms with E-state index < -0.39 is 0 Å². The zero-order valence-electron chi connectivity index (χ0n) is 13.2. The van der Waals surface area contributed by atoms with Crippen LogP contribution in [0.5, 0.6) is 5.75 Å². The highest BCUT2D eigenvalue weighted by atomic mass is 16.5. The number of carbonyl (C=O) groups is 1. The van der Waals surface area contributed by atoms with Crippen molar-refractivity contribution in [1.29, 1.82) is 0 Å². The molecule has 0 radical (unpaired) electrons. The first-order valence-electron chi connectivity index (χ1n) is 7.49. The van der Waals surface area contributed by atoms with E-state index in [1.807, 2.05) is 54.6 Å². The van der Waals surface area contributed by atoms with Crippen LogP contribution < -0.4 is 15.4 Å². The van der Waals surface area contributed by atoms with E-state index in [0.29, 0.717) is 17.1 Å². The van der Waals surface area contributed by atoms with Crippen LogP contribution >= 0.6 is 0 Å². The molecule has 3 aromatic rings. The van der Waals surface area contributed by atoms with E-state index >= 15 is 0 Å². The van der Waals surface area contributed by atoms with E-state index in [0.717, 1.165) is 11.4 Å². The van der Waals surface area contributed by atoms with Crippen LogP contribution in [0.25, 0.3) is 0 Å². The summed E-state index contributed by atoms with van der Waals surface area (Å²) in [6, 6.07) is 20.2. The van der Waals surface area contributed by atoms with Crippen molar-refractivity contribution in [3.63, 3.8) is 0 Å². The van der Waals surface area contributed by atoms with Gasteiger partial charge in [0.05, 0.1) is 18.4 Å². The van der Waals surface area contributed by atoms with E-state index in [9.17, 15) is 4.79 Å². The minimum Gasteiger partial charge on any atom is -0.495 e. The van der Waals surface area contributed by atoms with Crippen molar-refractivity contribution in [3.05, 3.63) is 78.5 Å². The van der Waals surface area contributed by atoms with Gasteiger partial charge in [0.15, 0.2) is 0 Å². The first kappa shape index (κ1) is 15.6. The van der Waals surface area contributed by atoms with Gasteiger partial charge in [-0.25, -0.2) is 4.98 Å². The minimum absolute atomic E-state index is 0.230. The van der Waals surface area contributed by atoms with E-state index in [-0.39, 0.29) is 5.91 Å². The first-order chi connectivity index (χ1) is 11.8. The average Bonchev–Trinajstić information content (AvgIpc) is 2.63. The Bertz CT molecular complexity index is 835. The molecule has 0 bridgehead atoms. The number of hydrogen-bond acceptors (Lipinski definition) is 4. The predicted octanol–water partition coefficient (Wildman–Crippen LogP) is 4.09. The van der Waals surface area contributed by atoms with Crippen molar-refractivity contribution in [1.82, 2.24) is 4.98 Å². The third kappa shape index (κ3) is 3.52. The summed E-state index contributed by atoms with van der Waals surface area (Å²) >= 11 is 0. The second-order valence-electron chi connectivity index (χ2n) is 5.05. The zero-order chi connectivity index (χ0) is 16.8. The number of amides is 1. The number of aromatic nitrogens is 1. The minimum atomic E-state index is -0.230. The van der Waals surface area contributed by atoms with Gasteiger partial charge >= 0.3 is 0 Å². The predicted molar refractivity (Wildman–Crippen MR) is 94.9 cm³/mol. The fourth-order valence-electron chi connectivity index (χ4n) is 2.28. The molecule has 0 fully saturated rings. The Balaban J connectivity index is 1.86. The summed E-state index contributed by atoms with van der Waals surface area (Å²) in [7, 11) is 1.60. The number of carbonyl (C=O) groups excluding carboxylic acids is 1. The van der Waals surface area contributed by atoms with Crippen LogP contribution in [0.4, 0.5) is 17.2 Å². The third-order valence-corrected chi connectivity index (χ3v) is 3.44. The molecule has 1 aromatic heterocycles. The van der Waals surface area contributed by atoms with Crippen LogP contribution in [0.1, 0.15) is 10.4 Å². The van der Waals surface area contributed by atoms with Crippen molar-refractivity contribution >= 4 is 23.1 Å². The van der Waals surface area contributed by atoms with E-state index in [2.05, 4.69) is 15.6 Å². The molecule has 24 heavy (non-hydrogen) atoms. The lowest BCUT2D eigenvalue weighted by molar-refractivity contribution is 0.102. The third-order valence-electron chi connectivity index (χ3n) is 3.44. The second kappa shape index (κ2) is 7.28. The lowest BCUT2D eigenvalue weighted by Gasteiger charge is -2.13. The van der Waals surface area contributed by atoms with E-state index in [4.69, 9.17) is 4.74 Å². The summed E-state index contributed by atoms with van der Waals surface area (Å²) < 4.78 is 5.32. The number of nitrogens with zero attached hydrogens (tertiary/aromatic N) is 1. The van der Waals surface area contributed by atoms with Gasteiger partial charge in [-0.15, -0.1) is 0 Å². The number of hydrogen-bond donors (Lipinski definition) is 2. The van der Waals surface area contributed by atoms with Gasteiger partial charge in [0.1, 0.15) is 11.6 Å². The standard InChI is InChI=1S/C19H17N3O2/c1-24-17-12-6-5-11-16(17)22-18-15(10-7-13-20-18)19(23)21-14-8-3-2-4-9-14/h2-13H,1H3,(H,20,22)(H,21,23). The largest absolute Gasteiger partial charge is 0.495 e. The highest BCUT2D eigenvalue weighted by Crippen LogP contribution is 2.27. The molecule has 2 N–H and O–H groups in total. The number of ether oxygens (including phenoxy) is 1. The highest BCUT2D eigenvalue weighted by molar-refractivity contribution is 6.07. The number of pyridine rings is 1. The smallest absolute Gasteiger partial charge is 0.259 e. The molecule has 0 spiro atoms. The molecule has 0 saturated carbocycles.